The van der Waals surface area contributed by atoms with Gasteiger partial charge in [-0.05, 0) is 19.4 Å². The van der Waals surface area contributed by atoms with Gasteiger partial charge in [0, 0.05) is 12.7 Å². The number of nitrogens with zero attached hydrogens (tertiary/aromatic N) is 3. The minimum Gasteiger partial charge on any atom is -0.248 e. The Kier molecular flexibility index (Phi) is 1.96. The molecule has 0 aliphatic carbocycles. The van der Waals surface area contributed by atoms with Crippen LogP contribution in [0.5, 0.6) is 0 Å². The number of hydrogen-bond donors (Lipinski definition) is 0. The third-order valence-electron chi connectivity index (χ3n) is 2.07. The summed E-state index contributed by atoms with van der Waals surface area (Å²) in [7, 11) is 0. The molecule has 0 aliphatic heterocycles. The molecule has 13 heavy (non-hydrogen) atoms. The van der Waals surface area contributed by atoms with Crippen molar-refractivity contribution in [3.63, 3.8) is 0 Å². The molecule has 0 aliphatic rings. The summed E-state index contributed by atoms with van der Waals surface area (Å²) in [6.45, 7) is 4.79. The van der Waals surface area contributed by atoms with Crippen molar-refractivity contribution in [3.8, 4) is 0 Å². The van der Waals surface area contributed by atoms with E-state index in [9.17, 15) is 0 Å². The van der Waals surface area contributed by atoms with Gasteiger partial charge in [0.25, 0.3) is 0 Å². The second-order valence-electron chi connectivity index (χ2n) is 2.95. The molecule has 0 fully saturated rings. The molecule has 68 valence electrons. The fourth-order valence-electron chi connectivity index (χ4n) is 1.33. The Hall–Kier alpha value is -1.09. The van der Waals surface area contributed by atoms with Crippen LogP contribution in [0, 0.1) is 6.92 Å². The highest BCUT2D eigenvalue weighted by molar-refractivity contribution is 6.35. The molecule has 0 atom stereocenters. The summed E-state index contributed by atoms with van der Waals surface area (Å²) in [6.07, 6.45) is 3.54. The smallest absolute Gasteiger partial charge is 0.159 e. The summed E-state index contributed by atoms with van der Waals surface area (Å²) in [5.74, 6) is 0. The highest BCUT2D eigenvalue weighted by Gasteiger charge is 2.07. The number of fused-ring (bicyclic) bond motifs is 1. The molecular formula is C9H10ClN3. The Balaban J connectivity index is 2.81. The average molecular weight is 196 g/mol. The van der Waals surface area contributed by atoms with E-state index in [0.717, 1.165) is 28.2 Å². The van der Waals surface area contributed by atoms with E-state index in [0.29, 0.717) is 0 Å². The van der Waals surface area contributed by atoms with Gasteiger partial charge in [0.2, 0.25) is 0 Å². The lowest BCUT2D eigenvalue weighted by Crippen LogP contribution is -1.97. The lowest BCUT2D eigenvalue weighted by Gasteiger charge is -1.99. The van der Waals surface area contributed by atoms with Crippen molar-refractivity contribution in [2.45, 2.75) is 20.4 Å². The van der Waals surface area contributed by atoms with Crippen molar-refractivity contribution < 1.29 is 0 Å². The monoisotopic (exact) mass is 195 g/mol. The van der Waals surface area contributed by atoms with Crippen LogP contribution < -0.4 is 0 Å². The van der Waals surface area contributed by atoms with Crippen LogP contribution >= 0.6 is 11.6 Å². The second-order valence-corrected chi connectivity index (χ2v) is 3.33. The van der Waals surface area contributed by atoms with Gasteiger partial charge >= 0.3 is 0 Å². The molecule has 2 rings (SSSR count). The van der Waals surface area contributed by atoms with Crippen LogP contribution in [0.4, 0.5) is 0 Å². The van der Waals surface area contributed by atoms with Gasteiger partial charge in [-0.15, -0.1) is 0 Å². The summed E-state index contributed by atoms with van der Waals surface area (Å²) in [5, 5.41) is 5.87. The van der Waals surface area contributed by atoms with E-state index in [1.807, 2.05) is 18.5 Å². The summed E-state index contributed by atoms with van der Waals surface area (Å²) in [5.41, 5.74) is 1.85. The van der Waals surface area contributed by atoms with E-state index >= 15 is 0 Å². The number of hydrogen-bond acceptors (Lipinski definition) is 2. The molecular weight excluding hydrogens is 186 g/mol. The van der Waals surface area contributed by atoms with E-state index in [2.05, 4.69) is 10.1 Å². The molecule has 2 heterocycles. The first-order chi connectivity index (χ1) is 6.24. The van der Waals surface area contributed by atoms with E-state index in [-0.39, 0.29) is 0 Å². The Morgan fingerprint density at radius 2 is 2.23 bits per heavy atom. The van der Waals surface area contributed by atoms with Crippen molar-refractivity contribution in [1.82, 2.24) is 14.8 Å². The lowest BCUT2D eigenvalue weighted by molar-refractivity contribution is 0.676. The molecule has 0 amide bonds. The summed E-state index contributed by atoms with van der Waals surface area (Å²) in [6, 6.07) is 0. The van der Waals surface area contributed by atoms with Crippen LogP contribution in [-0.2, 0) is 6.54 Å². The molecule has 0 aromatic carbocycles. The number of pyridine rings is 1. The standard InChI is InChI=1S/C9H10ClN3/c1-3-13-9-7(5-12-13)8(10)6(2)4-11-9/h4-5H,3H2,1-2H3. The molecule has 0 unspecified atom stereocenters. The van der Waals surface area contributed by atoms with Crippen LogP contribution in [0.25, 0.3) is 11.0 Å². The molecule has 0 radical (unpaired) electrons. The zero-order valence-corrected chi connectivity index (χ0v) is 8.34. The minimum atomic E-state index is 0.754. The number of aromatic nitrogens is 3. The molecule has 2 aromatic rings. The van der Waals surface area contributed by atoms with Crippen LogP contribution in [0.2, 0.25) is 5.02 Å². The second kappa shape index (κ2) is 3.00. The Morgan fingerprint density at radius 1 is 1.46 bits per heavy atom. The van der Waals surface area contributed by atoms with Crippen molar-refractivity contribution in [3.05, 3.63) is 23.0 Å². The maximum atomic E-state index is 6.10. The van der Waals surface area contributed by atoms with Crippen molar-refractivity contribution in [2.24, 2.45) is 0 Å². The van der Waals surface area contributed by atoms with Crippen LogP contribution in [0.3, 0.4) is 0 Å². The maximum Gasteiger partial charge on any atom is 0.159 e. The van der Waals surface area contributed by atoms with E-state index < -0.39 is 0 Å². The Labute approximate surface area is 81.3 Å². The van der Waals surface area contributed by atoms with Gasteiger partial charge in [-0.2, -0.15) is 5.10 Å². The quantitative estimate of drug-likeness (QED) is 0.700. The molecule has 0 saturated carbocycles. The number of aryl methyl sites for hydroxylation is 2. The predicted molar refractivity (Wildman–Crippen MR) is 52.9 cm³/mol. The summed E-state index contributed by atoms with van der Waals surface area (Å²) < 4.78 is 1.83. The predicted octanol–water partition coefficient (Wildman–Crippen LogP) is 2.41. The summed E-state index contributed by atoms with van der Waals surface area (Å²) in [4.78, 5) is 4.29. The van der Waals surface area contributed by atoms with E-state index in [1.54, 1.807) is 12.4 Å². The minimum absolute atomic E-state index is 0.754. The van der Waals surface area contributed by atoms with Crippen LogP contribution in [-0.4, -0.2) is 14.8 Å². The first kappa shape index (κ1) is 8.51. The molecule has 3 nitrogen and oxygen atoms in total. The normalized spacial score (nSPS) is 11.0. The average Bonchev–Trinajstić information content (AvgIpc) is 2.55. The van der Waals surface area contributed by atoms with Gasteiger partial charge in [0.05, 0.1) is 16.6 Å². The van der Waals surface area contributed by atoms with Gasteiger partial charge in [0.1, 0.15) is 0 Å². The highest BCUT2D eigenvalue weighted by Crippen LogP contribution is 2.24. The lowest BCUT2D eigenvalue weighted by atomic mass is 10.2. The van der Waals surface area contributed by atoms with Crippen LogP contribution in [0.15, 0.2) is 12.4 Å². The molecule has 0 spiro atoms. The van der Waals surface area contributed by atoms with Crippen molar-refractivity contribution in [1.29, 1.82) is 0 Å². The first-order valence-electron chi connectivity index (χ1n) is 4.20. The SMILES string of the molecule is CCn1ncc2c(Cl)c(C)cnc21. The molecule has 4 heteroatoms. The van der Waals surface area contributed by atoms with Crippen LogP contribution in [0.1, 0.15) is 12.5 Å². The fraction of sp³-hybridized carbons (Fsp3) is 0.333. The van der Waals surface area contributed by atoms with Gasteiger partial charge in [-0.3, -0.25) is 0 Å². The van der Waals surface area contributed by atoms with E-state index in [1.165, 1.54) is 0 Å². The topological polar surface area (TPSA) is 30.7 Å². The molecule has 0 bridgehead atoms. The zero-order valence-electron chi connectivity index (χ0n) is 7.58. The molecule has 0 saturated heterocycles. The van der Waals surface area contributed by atoms with Crippen molar-refractivity contribution >= 4 is 22.6 Å². The Bertz CT molecular complexity index is 447. The van der Waals surface area contributed by atoms with Gasteiger partial charge in [-0.1, -0.05) is 11.6 Å². The largest absolute Gasteiger partial charge is 0.248 e. The number of rotatable bonds is 1. The summed E-state index contributed by atoms with van der Waals surface area (Å²) >= 11 is 6.10. The third-order valence-corrected chi connectivity index (χ3v) is 2.58. The molecule has 0 N–H and O–H groups in total. The van der Waals surface area contributed by atoms with Gasteiger partial charge in [-0.25, -0.2) is 9.67 Å². The zero-order chi connectivity index (χ0) is 9.42. The highest BCUT2D eigenvalue weighted by atomic mass is 35.5. The number of halogens is 1. The first-order valence-corrected chi connectivity index (χ1v) is 4.58. The fourth-order valence-corrected chi connectivity index (χ4v) is 1.51. The maximum absolute atomic E-state index is 6.10. The molecule has 2 aromatic heterocycles. The van der Waals surface area contributed by atoms with E-state index in [4.69, 9.17) is 11.6 Å². The van der Waals surface area contributed by atoms with Crippen molar-refractivity contribution in [2.75, 3.05) is 0 Å². The third kappa shape index (κ3) is 1.20. The Morgan fingerprint density at radius 3 is 2.92 bits per heavy atom. The van der Waals surface area contributed by atoms with Gasteiger partial charge in [0.15, 0.2) is 5.65 Å². The van der Waals surface area contributed by atoms with Gasteiger partial charge < -0.3 is 0 Å².